The van der Waals surface area contributed by atoms with E-state index in [4.69, 9.17) is 9.47 Å². The summed E-state index contributed by atoms with van der Waals surface area (Å²) in [5.74, 6) is -0.505. The molecule has 1 saturated heterocycles. The predicted molar refractivity (Wildman–Crippen MR) is 143 cm³/mol. The largest absolute Gasteiger partial charge is 0.497 e. The van der Waals surface area contributed by atoms with Crippen molar-refractivity contribution in [3.05, 3.63) is 142 Å². The molecule has 38 heavy (non-hydrogen) atoms. The zero-order valence-electron chi connectivity index (χ0n) is 20.8. The minimum atomic E-state index is -1.56. The van der Waals surface area contributed by atoms with E-state index < -0.39 is 23.7 Å². The molecular formula is C31H26N2O5. The first-order valence-corrected chi connectivity index (χ1v) is 12.5. The summed E-state index contributed by atoms with van der Waals surface area (Å²) in [7, 11) is 1.57. The van der Waals surface area contributed by atoms with Crippen LogP contribution >= 0.6 is 0 Å². The van der Waals surface area contributed by atoms with Gasteiger partial charge >= 0.3 is 0 Å². The van der Waals surface area contributed by atoms with Gasteiger partial charge in [-0.2, -0.15) is 0 Å². The van der Waals surface area contributed by atoms with Crippen LogP contribution < -0.4 is 9.64 Å². The van der Waals surface area contributed by atoms with Crippen molar-refractivity contribution in [2.24, 2.45) is 0 Å². The number of para-hydroxylation sites is 1. The SMILES string of the molecule is COc1ccc([C@@H]2O[C@@]3(C(=O)N(Cc4ccccc4)c4ccccc43)[C@@H](c3ccccc3)[C@@H]2[N+](=O)[O-])cc1. The Hall–Kier alpha value is -4.49. The molecule has 4 atom stereocenters. The maximum absolute atomic E-state index is 14.6. The van der Waals surface area contributed by atoms with E-state index in [0.717, 1.165) is 5.56 Å². The lowest BCUT2D eigenvalue weighted by atomic mass is 9.75. The molecule has 2 heterocycles. The first-order valence-electron chi connectivity index (χ1n) is 12.5. The number of carbonyl (C=O) groups excluding carboxylic acids is 1. The highest BCUT2D eigenvalue weighted by molar-refractivity contribution is 6.08. The Morgan fingerprint density at radius 1 is 0.868 bits per heavy atom. The quantitative estimate of drug-likeness (QED) is 0.250. The molecule has 1 spiro atoms. The minimum Gasteiger partial charge on any atom is -0.497 e. The van der Waals surface area contributed by atoms with E-state index >= 15 is 0 Å². The van der Waals surface area contributed by atoms with E-state index in [-0.39, 0.29) is 10.8 Å². The van der Waals surface area contributed by atoms with E-state index in [1.165, 1.54) is 0 Å². The van der Waals surface area contributed by atoms with Gasteiger partial charge in [0.25, 0.3) is 11.9 Å². The lowest BCUT2D eigenvalue weighted by molar-refractivity contribution is -0.531. The van der Waals surface area contributed by atoms with Gasteiger partial charge in [0, 0.05) is 10.5 Å². The summed E-state index contributed by atoms with van der Waals surface area (Å²) in [5, 5.41) is 12.8. The van der Waals surface area contributed by atoms with Crippen molar-refractivity contribution < 1.29 is 19.2 Å². The van der Waals surface area contributed by atoms with Gasteiger partial charge in [0.05, 0.1) is 25.3 Å². The van der Waals surface area contributed by atoms with E-state index in [9.17, 15) is 14.9 Å². The molecule has 190 valence electrons. The van der Waals surface area contributed by atoms with Crippen LogP contribution in [0.2, 0.25) is 0 Å². The highest BCUT2D eigenvalue weighted by Gasteiger charge is 2.70. The monoisotopic (exact) mass is 506 g/mol. The molecule has 7 heteroatoms. The topological polar surface area (TPSA) is 81.9 Å². The van der Waals surface area contributed by atoms with E-state index in [1.54, 1.807) is 36.3 Å². The van der Waals surface area contributed by atoms with E-state index in [1.807, 2.05) is 84.9 Å². The summed E-state index contributed by atoms with van der Waals surface area (Å²) in [6.07, 6.45) is -0.949. The number of hydrogen-bond acceptors (Lipinski definition) is 5. The highest BCUT2D eigenvalue weighted by atomic mass is 16.6. The summed E-state index contributed by atoms with van der Waals surface area (Å²) in [5.41, 5.74) is 2.07. The lowest BCUT2D eigenvalue weighted by Gasteiger charge is -2.29. The number of amides is 1. The summed E-state index contributed by atoms with van der Waals surface area (Å²) in [6.45, 7) is 0.333. The fourth-order valence-electron chi connectivity index (χ4n) is 5.93. The Kier molecular flexibility index (Phi) is 5.93. The molecule has 1 fully saturated rings. The Morgan fingerprint density at radius 2 is 1.50 bits per heavy atom. The van der Waals surface area contributed by atoms with Gasteiger partial charge in [-0.1, -0.05) is 91.0 Å². The van der Waals surface area contributed by atoms with E-state index in [2.05, 4.69) is 0 Å². The average Bonchev–Trinajstić information content (AvgIpc) is 3.44. The van der Waals surface area contributed by atoms with Crippen LogP contribution in [0.3, 0.4) is 0 Å². The molecule has 0 bridgehead atoms. The number of fused-ring (bicyclic) bond motifs is 2. The number of nitrogens with zero attached hydrogens (tertiary/aromatic N) is 2. The van der Waals surface area contributed by atoms with Gasteiger partial charge < -0.3 is 14.4 Å². The van der Waals surface area contributed by atoms with Crippen molar-refractivity contribution in [2.45, 2.75) is 30.2 Å². The molecule has 2 aliphatic rings. The van der Waals surface area contributed by atoms with Gasteiger partial charge in [-0.25, -0.2) is 0 Å². The van der Waals surface area contributed by atoms with Crippen molar-refractivity contribution in [1.29, 1.82) is 0 Å². The van der Waals surface area contributed by atoms with Crippen LogP contribution in [0.5, 0.6) is 5.75 Å². The summed E-state index contributed by atoms with van der Waals surface area (Å²) in [4.78, 5) is 28.8. The fourth-order valence-corrected chi connectivity index (χ4v) is 5.93. The van der Waals surface area contributed by atoms with E-state index in [0.29, 0.717) is 34.7 Å². The molecule has 0 unspecified atom stereocenters. The van der Waals surface area contributed by atoms with Gasteiger partial charge in [-0.05, 0) is 34.9 Å². The number of ether oxygens (including phenoxy) is 2. The van der Waals surface area contributed by atoms with Crippen LogP contribution in [0.4, 0.5) is 5.69 Å². The summed E-state index contributed by atoms with van der Waals surface area (Å²) >= 11 is 0. The maximum atomic E-state index is 14.6. The molecule has 1 amide bonds. The van der Waals surface area contributed by atoms with Gasteiger partial charge in [-0.3, -0.25) is 14.9 Å². The van der Waals surface area contributed by atoms with Crippen molar-refractivity contribution >= 4 is 11.6 Å². The van der Waals surface area contributed by atoms with Crippen LogP contribution in [0, 0.1) is 10.1 Å². The van der Waals surface area contributed by atoms with Crippen molar-refractivity contribution in [2.75, 3.05) is 12.0 Å². The zero-order chi connectivity index (χ0) is 26.3. The molecule has 0 saturated carbocycles. The lowest BCUT2D eigenvalue weighted by Crippen LogP contribution is -2.45. The number of methoxy groups -OCH3 is 1. The van der Waals surface area contributed by atoms with Crippen LogP contribution in [-0.2, 0) is 21.7 Å². The maximum Gasteiger partial charge on any atom is 0.265 e. The number of rotatable bonds is 6. The minimum absolute atomic E-state index is 0.292. The molecule has 4 aromatic rings. The molecule has 0 aromatic heterocycles. The molecule has 4 aromatic carbocycles. The molecule has 6 rings (SSSR count). The number of benzene rings is 4. The second-order valence-corrected chi connectivity index (χ2v) is 9.61. The summed E-state index contributed by atoms with van der Waals surface area (Å²) in [6, 6.07) is 32.3. The van der Waals surface area contributed by atoms with Crippen molar-refractivity contribution in [1.82, 2.24) is 0 Å². The number of carbonyl (C=O) groups is 1. The number of anilines is 1. The normalized spacial score (nSPS) is 24.0. The fraction of sp³-hybridized carbons (Fsp3) is 0.194. The first kappa shape index (κ1) is 23.9. The molecule has 0 radical (unpaired) electrons. The highest BCUT2D eigenvalue weighted by Crippen LogP contribution is 2.61. The first-order chi connectivity index (χ1) is 18.5. The second-order valence-electron chi connectivity index (χ2n) is 9.61. The Bertz CT molecular complexity index is 1480. The third-order valence-electron chi connectivity index (χ3n) is 7.59. The Balaban J connectivity index is 1.55. The Labute approximate surface area is 220 Å². The van der Waals surface area contributed by atoms with Crippen LogP contribution in [0.1, 0.15) is 34.3 Å². The van der Waals surface area contributed by atoms with Gasteiger partial charge in [0.1, 0.15) is 5.75 Å². The molecule has 7 nitrogen and oxygen atoms in total. The van der Waals surface area contributed by atoms with Gasteiger partial charge in [0.15, 0.2) is 11.7 Å². The van der Waals surface area contributed by atoms with Crippen LogP contribution in [0.25, 0.3) is 0 Å². The van der Waals surface area contributed by atoms with Gasteiger partial charge in [0.2, 0.25) is 0 Å². The van der Waals surface area contributed by atoms with Crippen LogP contribution in [-0.4, -0.2) is 24.0 Å². The van der Waals surface area contributed by atoms with Crippen molar-refractivity contribution in [3.8, 4) is 5.75 Å². The second kappa shape index (κ2) is 9.43. The zero-order valence-corrected chi connectivity index (χ0v) is 20.8. The van der Waals surface area contributed by atoms with Crippen molar-refractivity contribution in [3.63, 3.8) is 0 Å². The standard InChI is InChI=1S/C31H26N2O5/c1-37-24-18-16-23(17-19-24)29-28(33(35)36)27(22-12-6-3-7-13-22)31(38-29)25-14-8-9-15-26(25)32(30(31)34)20-21-10-4-2-5-11-21/h2-19,27-29H,20H2,1H3/t27-,28-,29-,31+/m0/s1. The Morgan fingerprint density at radius 3 is 2.16 bits per heavy atom. The third-order valence-corrected chi connectivity index (χ3v) is 7.59. The van der Waals surface area contributed by atoms with Gasteiger partial charge in [-0.15, -0.1) is 0 Å². The molecule has 2 aliphatic heterocycles. The molecular weight excluding hydrogens is 480 g/mol. The van der Waals surface area contributed by atoms with Crippen LogP contribution in [0.15, 0.2) is 109 Å². The predicted octanol–water partition coefficient (Wildman–Crippen LogP) is 5.64. The smallest absolute Gasteiger partial charge is 0.265 e. The molecule has 0 aliphatic carbocycles. The summed E-state index contributed by atoms with van der Waals surface area (Å²) < 4.78 is 12.0. The molecule has 0 N–H and O–H groups in total. The number of hydrogen-bond donors (Lipinski definition) is 0. The number of nitro groups is 1. The average molecular weight is 507 g/mol. The third kappa shape index (κ3) is 3.66.